The largest absolute Gasteiger partial charge is 0.327 e. The minimum Gasteiger partial charge on any atom is -0.327 e. The second-order valence-electron chi connectivity index (χ2n) is 6.55. The van der Waals surface area contributed by atoms with Crippen molar-refractivity contribution in [1.29, 1.82) is 0 Å². The second-order valence-corrected chi connectivity index (χ2v) is 6.55. The van der Waals surface area contributed by atoms with Crippen LogP contribution in [-0.4, -0.2) is 41.1 Å². The molecule has 22 heavy (non-hydrogen) atoms. The summed E-state index contributed by atoms with van der Waals surface area (Å²) in [5.41, 5.74) is 2.38. The van der Waals surface area contributed by atoms with Crippen LogP contribution in [0.3, 0.4) is 0 Å². The number of nitrogens with zero attached hydrogens (tertiary/aromatic N) is 3. The minimum atomic E-state index is 0.820. The minimum absolute atomic E-state index is 0.820. The number of likely N-dealkylation sites (tertiary alicyclic amines) is 1. The van der Waals surface area contributed by atoms with E-state index in [9.17, 15) is 0 Å². The van der Waals surface area contributed by atoms with Gasteiger partial charge in [-0.05, 0) is 64.0 Å². The van der Waals surface area contributed by atoms with Gasteiger partial charge in [-0.15, -0.1) is 0 Å². The average Bonchev–Trinajstić information content (AvgIpc) is 2.88. The maximum atomic E-state index is 4.82. The van der Waals surface area contributed by atoms with E-state index in [1.807, 2.05) is 0 Å². The van der Waals surface area contributed by atoms with Gasteiger partial charge in [-0.2, -0.15) is 0 Å². The highest BCUT2D eigenvalue weighted by Crippen LogP contribution is 2.18. The van der Waals surface area contributed by atoms with Crippen LogP contribution in [0.1, 0.15) is 32.0 Å². The number of aryl methyl sites for hydroxylation is 1. The molecule has 1 fully saturated rings. The fourth-order valence-electron chi connectivity index (χ4n) is 3.39. The Balaban J connectivity index is 1.62. The summed E-state index contributed by atoms with van der Waals surface area (Å²) in [7, 11) is 2.22. The molecule has 1 aromatic carbocycles. The molecule has 4 heteroatoms. The first-order valence-corrected chi connectivity index (χ1v) is 8.61. The third-order valence-electron chi connectivity index (χ3n) is 4.74. The van der Waals surface area contributed by atoms with Crippen molar-refractivity contribution >= 4 is 11.0 Å². The molecule has 0 atom stereocenters. The van der Waals surface area contributed by atoms with Gasteiger partial charge < -0.3 is 14.8 Å². The topological polar surface area (TPSA) is 33.1 Å². The van der Waals surface area contributed by atoms with Crippen LogP contribution in [0.2, 0.25) is 0 Å². The summed E-state index contributed by atoms with van der Waals surface area (Å²) in [6, 6.07) is 8.47. The summed E-state index contributed by atoms with van der Waals surface area (Å²) in [6.07, 6.45) is 3.77. The summed E-state index contributed by atoms with van der Waals surface area (Å²) < 4.78 is 2.37. The Morgan fingerprint density at radius 3 is 2.77 bits per heavy atom. The SMILES string of the molecule is CCCn1c(CNCC2CCN(C)CC2)nc2ccccc21. The number of rotatable bonds is 6. The zero-order valence-corrected chi connectivity index (χ0v) is 13.9. The summed E-state index contributed by atoms with van der Waals surface area (Å²) in [4.78, 5) is 7.25. The van der Waals surface area contributed by atoms with E-state index in [-0.39, 0.29) is 0 Å². The maximum Gasteiger partial charge on any atom is 0.123 e. The Morgan fingerprint density at radius 1 is 1.23 bits per heavy atom. The maximum absolute atomic E-state index is 4.82. The number of imidazole rings is 1. The Morgan fingerprint density at radius 2 is 2.00 bits per heavy atom. The number of benzene rings is 1. The van der Waals surface area contributed by atoms with Crippen molar-refractivity contribution in [3.63, 3.8) is 0 Å². The Hall–Kier alpha value is -1.39. The third kappa shape index (κ3) is 3.50. The lowest BCUT2D eigenvalue weighted by molar-refractivity contribution is 0.215. The fourth-order valence-corrected chi connectivity index (χ4v) is 3.39. The van der Waals surface area contributed by atoms with Crippen LogP contribution in [-0.2, 0) is 13.1 Å². The third-order valence-corrected chi connectivity index (χ3v) is 4.74. The van der Waals surface area contributed by atoms with Gasteiger partial charge in [0, 0.05) is 6.54 Å². The Labute approximate surface area is 133 Å². The number of nitrogens with one attached hydrogen (secondary N) is 1. The smallest absolute Gasteiger partial charge is 0.123 e. The first-order chi connectivity index (χ1) is 10.8. The number of hydrogen-bond acceptors (Lipinski definition) is 3. The van der Waals surface area contributed by atoms with Crippen LogP contribution in [0.4, 0.5) is 0 Å². The van der Waals surface area contributed by atoms with Gasteiger partial charge in [0.2, 0.25) is 0 Å². The highest BCUT2D eigenvalue weighted by Gasteiger charge is 2.16. The van der Waals surface area contributed by atoms with E-state index in [1.165, 1.54) is 37.3 Å². The number of hydrogen-bond donors (Lipinski definition) is 1. The van der Waals surface area contributed by atoms with Crippen molar-refractivity contribution in [2.45, 2.75) is 39.3 Å². The monoisotopic (exact) mass is 300 g/mol. The van der Waals surface area contributed by atoms with Crippen molar-refractivity contribution in [1.82, 2.24) is 19.8 Å². The van der Waals surface area contributed by atoms with E-state index in [2.05, 4.69) is 53.0 Å². The molecule has 0 unspecified atom stereocenters. The normalized spacial score (nSPS) is 17.4. The van der Waals surface area contributed by atoms with Crippen molar-refractivity contribution in [3.8, 4) is 0 Å². The van der Waals surface area contributed by atoms with Crippen molar-refractivity contribution in [3.05, 3.63) is 30.1 Å². The van der Waals surface area contributed by atoms with Gasteiger partial charge >= 0.3 is 0 Å². The van der Waals surface area contributed by atoms with E-state index < -0.39 is 0 Å². The first-order valence-electron chi connectivity index (χ1n) is 8.61. The van der Waals surface area contributed by atoms with Gasteiger partial charge in [-0.25, -0.2) is 4.98 Å². The summed E-state index contributed by atoms with van der Waals surface area (Å²) >= 11 is 0. The van der Waals surface area contributed by atoms with Crippen molar-refractivity contribution in [2.75, 3.05) is 26.7 Å². The predicted molar refractivity (Wildman–Crippen MR) is 92.0 cm³/mol. The molecule has 4 nitrogen and oxygen atoms in total. The zero-order chi connectivity index (χ0) is 15.4. The molecule has 1 saturated heterocycles. The molecule has 1 aromatic heterocycles. The van der Waals surface area contributed by atoms with E-state index in [4.69, 9.17) is 4.98 Å². The van der Waals surface area contributed by atoms with Crippen LogP contribution in [0, 0.1) is 5.92 Å². The Bertz CT molecular complexity index is 596. The molecule has 3 rings (SSSR count). The van der Waals surface area contributed by atoms with Gasteiger partial charge in [-0.1, -0.05) is 19.1 Å². The molecule has 0 bridgehead atoms. The molecular formula is C18H28N4. The lowest BCUT2D eigenvalue weighted by atomic mass is 9.97. The molecule has 1 aliphatic rings. The molecule has 1 aliphatic heterocycles. The number of piperidine rings is 1. The lowest BCUT2D eigenvalue weighted by Gasteiger charge is -2.29. The molecule has 0 saturated carbocycles. The summed E-state index contributed by atoms with van der Waals surface area (Å²) in [5, 5.41) is 3.64. The quantitative estimate of drug-likeness (QED) is 0.890. The highest BCUT2D eigenvalue weighted by molar-refractivity contribution is 5.75. The van der Waals surface area contributed by atoms with Gasteiger partial charge in [-0.3, -0.25) is 0 Å². The van der Waals surface area contributed by atoms with Gasteiger partial charge in [0.1, 0.15) is 5.82 Å². The summed E-state index contributed by atoms with van der Waals surface area (Å²) in [6.45, 7) is 7.74. The van der Waals surface area contributed by atoms with Crippen LogP contribution >= 0.6 is 0 Å². The van der Waals surface area contributed by atoms with Crippen molar-refractivity contribution < 1.29 is 0 Å². The van der Waals surface area contributed by atoms with Crippen molar-refractivity contribution in [2.24, 2.45) is 5.92 Å². The van der Waals surface area contributed by atoms with E-state index >= 15 is 0 Å². The number of para-hydroxylation sites is 2. The van der Waals surface area contributed by atoms with Crippen LogP contribution in [0.5, 0.6) is 0 Å². The van der Waals surface area contributed by atoms with E-state index in [0.717, 1.165) is 37.5 Å². The Kier molecular flexibility index (Phi) is 5.11. The molecule has 0 amide bonds. The molecule has 0 aliphatic carbocycles. The molecule has 0 radical (unpaired) electrons. The average molecular weight is 300 g/mol. The van der Waals surface area contributed by atoms with E-state index in [1.54, 1.807) is 0 Å². The number of aromatic nitrogens is 2. The lowest BCUT2D eigenvalue weighted by Crippen LogP contribution is -2.35. The molecule has 120 valence electrons. The standard InChI is InChI=1S/C18H28N4/c1-3-10-22-17-7-5-4-6-16(17)20-18(22)14-19-13-15-8-11-21(2)12-9-15/h4-7,15,19H,3,8-14H2,1-2H3. The van der Waals surface area contributed by atoms with Crippen LogP contribution in [0.15, 0.2) is 24.3 Å². The zero-order valence-electron chi connectivity index (χ0n) is 13.9. The number of fused-ring (bicyclic) bond motifs is 1. The highest BCUT2D eigenvalue weighted by atomic mass is 15.1. The van der Waals surface area contributed by atoms with Gasteiger partial charge in [0.25, 0.3) is 0 Å². The van der Waals surface area contributed by atoms with Crippen LogP contribution in [0.25, 0.3) is 11.0 Å². The van der Waals surface area contributed by atoms with E-state index in [0.29, 0.717) is 0 Å². The predicted octanol–water partition coefficient (Wildman–Crippen LogP) is 2.88. The van der Waals surface area contributed by atoms with Gasteiger partial charge in [0.05, 0.1) is 17.6 Å². The molecule has 2 heterocycles. The molecule has 0 spiro atoms. The summed E-state index contributed by atoms with van der Waals surface area (Å²) in [5.74, 6) is 2.00. The first kappa shape index (κ1) is 15.5. The van der Waals surface area contributed by atoms with Crippen LogP contribution < -0.4 is 5.32 Å². The molecule has 1 N–H and O–H groups in total. The molecular weight excluding hydrogens is 272 g/mol. The fraction of sp³-hybridized carbons (Fsp3) is 0.611. The second kappa shape index (κ2) is 7.25. The van der Waals surface area contributed by atoms with Gasteiger partial charge in [0.15, 0.2) is 0 Å². The molecule has 2 aromatic rings.